The maximum atomic E-state index is 2.42. The Labute approximate surface area is 613 Å². The van der Waals surface area contributed by atoms with Gasteiger partial charge in [-0.2, -0.15) is 26.7 Å². The van der Waals surface area contributed by atoms with E-state index in [9.17, 15) is 0 Å². The molecule has 0 heterocycles. The molecule has 0 saturated heterocycles. The monoisotopic (exact) mass is 1470 g/mol. The summed E-state index contributed by atoms with van der Waals surface area (Å²) in [5, 5.41) is 6.14. The zero-order valence-electron chi connectivity index (χ0n) is 62.3. The molecule has 12 rings (SSSR count). The predicted octanol–water partition coefficient (Wildman–Crippen LogP) is 27.2. The fourth-order valence-electron chi connectivity index (χ4n) is 18.5. The normalized spacial score (nSPS) is 21.5. The van der Waals surface area contributed by atoms with Gasteiger partial charge in [-0.15, -0.1) is 19.2 Å². The van der Waals surface area contributed by atoms with E-state index in [0.29, 0.717) is 23.8 Å². The van der Waals surface area contributed by atoms with E-state index < -0.39 is 0 Å². The molecule has 4 aromatic carbocycles. The summed E-state index contributed by atoms with van der Waals surface area (Å²) in [6, 6.07) is 44.4. The summed E-state index contributed by atoms with van der Waals surface area (Å²) in [5.41, 5.74) is 12.2. The fourth-order valence-corrected chi connectivity index (χ4v) is 40.7. The van der Waals surface area contributed by atoms with Gasteiger partial charge in [-0.3, -0.25) is 0 Å². The van der Waals surface area contributed by atoms with Crippen molar-refractivity contribution in [2.75, 3.05) is 12.3 Å². The van der Waals surface area contributed by atoms with Crippen LogP contribution in [-0.2, 0) is 34.1 Å². The summed E-state index contributed by atoms with van der Waals surface area (Å²) in [6.07, 6.45) is 55.2. The Hall–Kier alpha value is 0.499. The van der Waals surface area contributed by atoms with Gasteiger partial charge in [0.15, 0.2) is 0 Å². The summed E-state index contributed by atoms with van der Waals surface area (Å²) < 4.78 is 0. The molecule has 8 aliphatic carbocycles. The molecular weight excluding hydrogens is 1330 g/mol. The fraction of sp³-hybridized carbons (Fsp3) is 0.674. The first-order valence-corrected chi connectivity index (χ1v) is 47.6. The molecule has 0 nitrogen and oxygen atoms in total. The standard InChI is InChI=1S/C26H48P2.C18H20P.C17H19P.C12H24P.C11H23P.2CH3.2Fe/c1-5-13-23(14-6-1)27(24-15-7-2-8-16-24)21-22-28(25-17-9-3-10-18-25)26-19-11-4-12-20-26;1-15-9-8-14-18(15)19(16-10-4-2-5-11-16)17-12-6-3-7-13-17;1-3-9-15(10-4-1)18(17-13-7-8-14-17)16-11-5-2-6-12-16;1-9(2)13(10(3)4)12-8-6-7-11(12)5;1-9(2)12(10(3)4)11-7-5-6-8-11;;;;/h23-26H,1-22H2;2-7,10-13,18H,8-9,14H2,1H3;1-6,9-12,17H,7-8,13-14H2;9-10,12H,6-8H2,1-5H3;9-11H,5-8H2,1-4H3;2*1H3;;/q;-1;;-1;;2*-1;2*+2. The first kappa shape index (κ1) is 86.9. The van der Waals surface area contributed by atoms with E-state index in [4.69, 9.17) is 0 Å². The molecule has 0 spiro atoms. The van der Waals surface area contributed by atoms with E-state index in [1.165, 1.54) is 123 Å². The largest absolute Gasteiger partial charge is 2.00 e. The van der Waals surface area contributed by atoms with Crippen molar-refractivity contribution < 1.29 is 34.1 Å². The van der Waals surface area contributed by atoms with E-state index in [-0.39, 0.29) is 72.8 Å². The van der Waals surface area contributed by atoms with Crippen LogP contribution >= 0.6 is 47.5 Å². The third-order valence-electron chi connectivity index (χ3n) is 22.7. The maximum absolute atomic E-state index is 2.42. The third kappa shape index (κ3) is 27.6. The summed E-state index contributed by atoms with van der Waals surface area (Å²) in [5.74, 6) is 3.51. The minimum Gasteiger partial charge on any atom is -0.358 e. The minimum absolute atomic E-state index is 0. The summed E-state index contributed by atoms with van der Waals surface area (Å²) in [4.78, 5) is 0. The van der Waals surface area contributed by atoms with E-state index in [1.807, 2.05) is 0 Å². The summed E-state index contributed by atoms with van der Waals surface area (Å²) >= 11 is 0. The zero-order chi connectivity index (χ0) is 63.5. The van der Waals surface area contributed by atoms with Gasteiger partial charge in [0.05, 0.1) is 0 Å². The Bertz CT molecular complexity index is 2250. The minimum atomic E-state index is -0.228. The number of benzene rings is 4. The third-order valence-corrected chi connectivity index (χ3v) is 43.8. The summed E-state index contributed by atoms with van der Waals surface area (Å²) in [6.45, 7) is 24.1. The van der Waals surface area contributed by atoms with Crippen LogP contribution in [-0.4, -0.2) is 80.2 Å². The second kappa shape index (κ2) is 48.4. The van der Waals surface area contributed by atoms with Gasteiger partial charge in [0.1, 0.15) is 0 Å². The molecule has 0 aromatic heterocycles. The molecule has 0 N–H and O–H groups in total. The number of hydrogen-bond donors (Lipinski definition) is 0. The van der Waals surface area contributed by atoms with E-state index >= 15 is 0 Å². The van der Waals surface area contributed by atoms with Gasteiger partial charge < -0.3 is 26.7 Å². The predicted molar refractivity (Wildman–Crippen MR) is 434 cm³/mol. The quantitative estimate of drug-likeness (QED) is 0.0499. The maximum Gasteiger partial charge on any atom is 2.00 e. The zero-order valence-corrected chi connectivity index (χ0v) is 69.9. The second-order valence-corrected chi connectivity index (χ2v) is 48.4. The van der Waals surface area contributed by atoms with Crippen molar-refractivity contribution in [2.24, 2.45) is 0 Å². The molecule has 0 bridgehead atoms. The smallest absolute Gasteiger partial charge is 0.358 e. The molecule has 8 aliphatic rings. The van der Waals surface area contributed by atoms with Gasteiger partial charge in [0.2, 0.25) is 0 Å². The van der Waals surface area contributed by atoms with Gasteiger partial charge in [0, 0.05) is 0 Å². The van der Waals surface area contributed by atoms with E-state index in [0.717, 1.165) is 45.3 Å². The molecule has 0 radical (unpaired) electrons. The van der Waals surface area contributed by atoms with E-state index in [1.54, 1.807) is 163 Å². The summed E-state index contributed by atoms with van der Waals surface area (Å²) in [7, 11) is 0.873. The second-order valence-electron chi connectivity index (χ2n) is 30.4. The van der Waals surface area contributed by atoms with Gasteiger partial charge >= 0.3 is 34.1 Å². The van der Waals surface area contributed by atoms with Crippen molar-refractivity contribution in [3.8, 4) is 0 Å². The van der Waals surface area contributed by atoms with Gasteiger partial charge in [-0.1, -0.05) is 337 Å². The van der Waals surface area contributed by atoms with Gasteiger partial charge in [-0.05, 0) is 175 Å². The SMILES string of the molecule is C1CCC(P(CCP(C2CCCCC2)C2CCCCC2)C2CCCCC2)CC1.CC(C)P(C(C)C)C1CCCC1.C[C-]1CCCC1P(C(C)C)C(C)C.C[C-]1CCCC1P(c1ccccc1)c1ccccc1.[CH3-].[CH3-].[Fe+2].[Fe+2].c1ccc(P(c2ccccc2)C2CCCC2)cc1. The van der Waals surface area contributed by atoms with Crippen molar-refractivity contribution >= 4 is 68.7 Å². The first-order chi connectivity index (χ1) is 43.9. The molecule has 2 atom stereocenters. The average Bonchev–Trinajstić information content (AvgIpc) is 1.47. The van der Waals surface area contributed by atoms with Crippen LogP contribution in [0.1, 0.15) is 288 Å². The van der Waals surface area contributed by atoms with Crippen LogP contribution in [0.15, 0.2) is 121 Å². The molecule has 8 saturated carbocycles. The van der Waals surface area contributed by atoms with Gasteiger partial charge in [-0.25, -0.2) is 0 Å². The van der Waals surface area contributed by atoms with Crippen LogP contribution in [0.3, 0.4) is 0 Å². The van der Waals surface area contributed by atoms with Crippen molar-refractivity contribution in [1.82, 2.24) is 0 Å². The molecule has 0 aliphatic heterocycles. The molecule has 4 aromatic rings. The Balaban J connectivity index is 0.000000256. The van der Waals surface area contributed by atoms with Crippen LogP contribution in [0, 0.1) is 26.7 Å². The van der Waals surface area contributed by atoms with Crippen molar-refractivity contribution in [1.29, 1.82) is 0 Å². The van der Waals surface area contributed by atoms with E-state index in [2.05, 4.69) is 191 Å². The Morgan fingerprint density at radius 1 is 0.287 bits per heavy atom. The van der Waals surface area contributed by atoms with Crippen LogP contribution in [0.5, 0.6) is 0 Å². The van der Waals surface area contributed by atoms with Crippen molar-refractivity contribution in [2.45, 2.75) is 355 Å². The molecule has 2 unspecified atom stereocenters. The van der Waals surface area contributed by atoms with Crippen LogP contribution < -0.4 is 21.2 Å². The Morgan fingerprint density at radius 2 is 0.532 bits per heavy atom. The Kier molecular flexibility index (Phi) is 44.8. The van der Waals surface area contributed by atoms with Gasteiger partial charge in [0.25, 0.3) is 0 Å². The van der Waals surface area contributed by atoms with Crippen LogP contribution in [0.4, 0.5) is 0 Å². The number of rotatable bonds is 19. The topological polar surface area (TPSA) is 0 Å². The Morgan fingerprint density at radius 3 is 0.798 bits per heavy atom. The molecule has 8 fully saturated rings. The van der Waals surface area contributed by atoms with Crippen molar-refractivity contribution in [3.63, 3.8) is 0 Å². The average molecular weight is 1470 g/mol. The first-order valence-electron chi connectivity index (χ1n) is 38.4. The van der Waals surface area contributed by atoms with Crippen LogP contribution in [0.25, 0.3) is 0 Å². The number of hydrogen-bond acceptors (Lipinski definition) is 0. The molecule has 8 heteroatoms. The molecular formula is C86H140Fe2P6. The van der Waals surface area contributed by atoms with Crippen molar-refractivity contribution in [3.05, 3.63) is 148 Å². The molecule has 0 amide bonds. The van der Waals surface area contributed by atoms with Crippen LogP contribution in [0.2, 0.25) is 0 Å². The molecule has 94 heavy (non-hydrogen) atoms. The molecule has 530 valence electrons.